The maximum absolute atomic E-state index is 13.3. The molecule has 43 heavy (non-hydrogen) atoms. The molecule has 4 aromatic carbocycles. The van der Waals surface area contributed by atoms with Crippen molar-refractivity contribution in [3.05, 3.63) is 144 Å². The van der Waals surface area contributed by atoms with E-state index >= 15 is 0 Å². The van der Waals surface area contributed by atoms with Crippen LogP contribution in [0.15, 0.2) is 121 Å². The van der Waals surface area contributed by atoms with Gasteiger partial charge in [-0.2, -0.15) is 0 Å². The Hall–Kier alpha value is -5.28. The summed E-state index contributed by atoms with van der Waals surface area (Å²) >= 11 is 0. The van der Waals surface area contributed by atoms with Gasteiger partial charge in [-0.3, -0.25) is 0 Å². The van der Waals surface area contributed by atoms with Crippen LogP contribution in [0, 0.1) is 0 Å². The van der Waals surface area contributed by atoms with Gasteiger partial charge >= 0.3 is 23.9 Å². The Morgan fingerprint density at radius 3 is 1.44 bits per heavy atom. The zero-order chi connectivity index (χ0) is 30.2. The average molecular weight is 581 g/mol. The molecule has 2 unspecified atom stereocenters. The van der Waals surface area contributed by atoms with Crippen molar-refractivity contribution in [2.75, 3.05) is 6.61 Å². The van der Waals surface area contributed by atoms with Crippen molar-refractivity contribution in [3.8, 4) is 0 Å². The van der Waals surface area contributed by atoms with Gasteiger partial charge in [0.05, 0.1) is 22.3 Å². The molecule has 9 heteroatoms. The Balaban J connectivity index is 1.48. The largest absolute Gasteiger partial charge is 0.459 e. The van der Waals surface area contributed by atoms with Gasteiger partial charge in [0.1, 0.15) is 12.7 Å². The second-order valence-electron chi connectivity index (χ2n) is 9.87. The molecule has 5 rings (SSSR count). The van der Waals surface area contributed by atoms with Gasteiger partial charge in [0, 0.05) is 0 Å². The SMILES string of the molecule is CC1(OC(=O)c2ccccc2)C(OC(=O)c2ccccc2)[C@@H](COC(=O)c2ccccc2)O[C@@H]1OC(=O)c1ccccc1. The van der Waals surface area contributed by atoms with Crippen LogP contribution in [0.3, 0.4) is 0 Å². The third-order valence-corrected chi connectivity index (χ3v) is 6.85. The topological polar surface area (TPSA) is 114 Å². The van der Waals surface area contributed by atoms with Crippen LogP contribution >= 0.6 is 0 Å². The zero-order valence-corrected chi connectivity index (χ0v) is 23.2. The van der Waals surface area contributed by atoms with Crippen molar-refractivity contribution in [2.24, 2.45) is 0 Å². The lowest BCUT2D eigenvalue weighted by Crippen LogP contribution is -2.53. The van der Waals surface area contributed by atoms with Crippen LogP contribution in [-0.4, -0.2) is 54.6 Å². The van der Waals surface area contributed by atoms with Gasteiger partial charge in [-0.05, 0) is 55.5 Å². The summed E-state index contributed by atoms with van der Waals surface area (Å²) in [7, 11) is 0. The Bertz CT molecular complexity index is 1560. The first kappa shape index (κ1) is 29.2. The van der Waals surface area contributed by atoms with Crippen molar-refractivity contribution in [3.63, 3.8) is 0 Å². The monoisotopic (exact) mass is 580 g/mol. The number of benzene rings is 4. The normalized spacial score (nSPS) is 20.9. The van der Waals surface area contributed by atoms with Crippen LogP contribution in [-0.2, 0) is 23.7 Å². The number of hydrogen-bond acceptors (Lipinski definition) is 9. The van der Waals surface area contributed by atoms with Crippen molar-refractivity contribution in [1.29, 1.82) is 0 Å². The van der Waals surface area contributed by atoms with Gasteiger partial charge in [-0.25, -0.2) is 19.2 Å². The minimum Gasteiger partial charge on any atom is -0.459 e. The zero-order valence-electron chi connectivity index (χ0n) is 23.2. The molecule has 1 fully saturated rings. The number of carbonyl (C=O) groups excluding carboxylic acids is 4. The maximum atomic E-state index is 13.3. The second-order valence-corrected chi connectivity index (χ2v) is 9.87. The molecule has 0 N–H and O–H groups in total. The summed E-state index contributed by atoms with van der Waals surface area (Å²) in [5, 5.41) is 0. The third-order valence-electron chi connectivity index (χ3n) is 6.85. The summed E-state index contributed by atoms with van der Waals surface area (Å²) in [5.74, 6) is -2.92. The van der Waals surface area contributed by atoms with E-state index in [1.165, 1.54) is 6.92 Å². The molecule has 4 aromatic rings. The van der Waals surface area contributed by atoms with Crippen molar-refractivity contribution >= 4 is 23.9 Å². The predicted molar refractivity (Wildman–Crippen MR) is 153 cm³/mol. The van der Waals surface area contributed by atoms with Crippen LogP contribution in [0.25, 0.3) is 0 Å². The van der Waals surface area contributed by atoms with Gasteiger partial charge in [0.15, 0.2) is 6.10 Å². The van der Waals surface area contributed by atoms with E-state index in [1.807, 2.05) is 0 Å². The molecule has 0 bridgehead atoms. The summed E-state index contributed by atoms with van der Waals surface area (Å²) in [4.78, 5) is 52.5. The van der Waals surface area contributed by atoms with E-state index in [1.54, 1.807) is 121 Å². The highest BCUT2D eigenvalue weighted by Crippen LogP contribution is 2.39. The van der Waals surface area contributed by atoms with Gasteiger partial charge in [0.2, 0.25) is 11.9 Å². The molecule has 0 saturated carbocycles. The van der Waals surface area contributed by atoms with Crippen LogP contribution in [0.5, 0.6) is 0 Å². The van der Waals surface area contributed by atoms with Crippen molar-refractivity contribution < 1.29 is 42.9 Å². The van der Waals surface area contributed by atoms with E-state index in [2.05, 4.69) is 0 Å². The van der Waals surface area contributed by atoms with E-state index in [-0.39, 0.29) is 16.7 Å². The minimum absolute atomic E-state index is 0.212. The average Bonchev–Trinajstić information content (AvgIpc) is 3.30. The number of esters is 4. The maximum Gasteiger partial charge on any atom is 0.340 e. The molecule has 4 atom stereocenters. The first-order valence-electron chi connectivity index (χ1n) is 13.5. The molecule has 1 heterocycles. The Morgan fingerprint density at radius 1 is 0.581 bits per heavy atom. The number of carbonyl (C=O) groups is 4. The summed E-state index contributed by atoms with van der Waals surface area (Å²) in [6.07, 6.45) is -4.07. The van der Waals surface area contributed by atoms with Crippen LogP contribution in [0.1, 0.15) is 48.4 Å². The summed E-state index contributed by atoms with van der Waals surface area (Å²) < 4.78 is 29.1. The van der Waals surface area contributed by atoms with Crippen molar-refractivity contribution in [1.82, 2.24) is 0 Å². The standard InChI is InChI=1S/C34H28O9/c1-34(43-32(38)26-20-12-5-13-21-26)28(41-30(36)24-16-8-3-9-17-24)27(22-39-29(35)23-14-6-2-7-15-23)40-33(34)42-31(37)25-18-10-4-11-19-25/h2-21,27-28,33H,22H2,1H3/t27-,28?,33-,34?/m1/s1. The quantitative estimate of drug-likeness (QED) is 0.193. The molecule has 0 spiro atoms. The van der Waals surface area contributed by atoms with E-state index in [0.717, 1.165) is 0 Å². The Morgan fingerprint density at radius 2 is 0.977 bits per heavy atom. The van der Waals surface area contributed by atoms with E-state index < -0.39 is 54.6 Å². The fourth-order valence-electron chi connectivity index (χ4n) is 4.58. The summed E-state index contributed by atoms with van der Waals surface area (Å²) in [6, 6.07) is 32.8. The van der Waals surface area contributed by atoms with Gasteiger partial charge in [0.25, 0.3) is 0 Å². The molecule has 0 aliphatic carbocycles. The molecule has 9 nitrogen and oxygen atoms in total. The van der Waals surface area contributed by atoms with Crippen LogP contribution < -0.4 is 0 Å². The smallest absolute Gasteiger partial charge is 0.340 e. The minimum atomic E-state index is -1.86. The molecule has 1 aliphatic rings. The highest BCUT2D eigenvalue weighted by Gasteiger charge is 2.61. The molecular weight excluding hydrogens is 552 g/mol. The highest BCUT2D eigenvalue weighted by molar-refractivity contribution is 5.91. The fourth-order valence-corrected chi connectivity index (χ4v) is 4.58. The molecular formula is C34H28O9. The second kappa shape index (κ2) is 13.1. The molecule has 0 aromatic heterocycles. The van der Waals surface area contributed by atoms with Crippen LogP contribution in [0.2, 0.25) is 0 Å². The summed E-state index contributed by atoms with van der Waals surface area (Å²) in [6.45, 7) is 1.04. The Kier molecular flexibility index (Phi) is 8.93. The van der Waals surface area contributed by atoms with Gasteiger partial charge < -0.3 is 23.7 Å². The first-order valence-corrected chi connectivity index (χ1v) is 13.5. The van der Waals surface area contributed by atoms with E-state index in [0.29, 0.717) is 5.56 Å². The van der Waals surface area contributed by atoms with Crippen molar-refractivity contribution in [2.45, 2.75) is 31.0 Å². The Labute approximate surface area is 247 Å². The summed E-state index contributed by atoms with van der Waals surface area (Å²) in [5.41, 5.74) is -0.901. The predicted octanol–water partition coefficient (Wildman–Crippen LogP) is 5.27. The lowest BCUT2D eigenvalue weighted by Gasteiger charge is -2.33. The lowest BCUT2D eigenvalue weighted by atomic mass is 9.96. The molecule has 218 valence electrons. The third kappa shape index (κ3) is 6.79. The molecule has 1 saturated heterocycles. The van der Waals surface area contributed by atoms with E-state index in [4.69, 9.17) is 23.7 Å². The fraction of sp³-hybridized carbons (Fsp3) is 0.176. The molecule has 0 amide bonds. The number of hydrogen-bond donors (Lipinski definition) is 0. The van der Waals surface area contributed by atoms with Gasteiger partial charge in [-0.1, -0.05) is 72.8 Å². The van der Waals surface area contributed by atoms with Crippen LogP contribution in [0.4, 0.5) is 0 Å². The van der Waals surface area contributed by atoms with E-state index in [9.17, 15) is 19.2 Å². The first-order chi connectivity index (χ1) is 20.8. The van der Waals surface area contributed by atoms with Gasteiger partial charge in [-0.15, -0.1) is 0 Å². The highest BCUT2D eigenvalue weighted by atomic mass is 16.8. The lowest BCUT2D eigenvalue weighted by molar-refractivity contribution is -0.175. The molecule has 1 aliphatic heterocycles. The molecule has 0 radical (unpaired) electrons. The number of ether oxygens (including phenoxy) is 5. The number of rotatable bonds is 9.